The molecule has 0 bridgehead atoms. The number of benzene rings is 1. The van der Waals surface area contributed by atoms with E-state index >= 15 is 0 Å². The fourth-order valence-electron chi connectivity index (χ4n) is 2.64. The third-order valence-corrected chi connectivity index (χ3v) is 4.19. The van der Waals surface area contributed by atoms with Gasteiger partial charge in [-0.3, -0.25) is 14.7 Å². The van der Waals surface area contributed by atoms with Crippen molar-refractivity contribution < 1.29 is 19.1 Å². The van der Waals surface area contributed by atoms with Gasteiger partial charge < -0.3 is 10.0 Å². The second-order valence-electron chi connectivity index (χ2n) is 5.36. The maximum atomic E-state index is 13.3. The molecule has 6 nitrogen and oxygen atoms in total. The van der Waals surface area contributed by atoms with Gasteiger partial charge in [0.15, 0.2) is 0 Å². The van der Waals surface area contributed by atoms with Crippen molar-refractivity contribution in [2.24, 2.45) is 5.92 Å². The molecule has 1 fully saturated rings. The van der Waals surface area contributed by atoms with Gasteiger partial charge in [-0.2, -0.15) is 5.10 Å². The number of amides is 1. The number of halogens is 2. The SMILES string of the molecule is O=C(O)[C@H]1CCN(C(=O)c2cn[nH]c2-c2ccc(F)c(Cl)c2)C1. The molecule has 1 aromatic heterocycles. The van der Waals surface area contributed by atoms with E-state index in [9.17, 15) is 14.0 Å². The van der Waals surface area contributed by atoms with Crippen LogP contribution in [0.2, 0.25) is 5.02 Å². The summed E-state index contributed by atoms with van der Waals surface area (Å²) in [7, 11) is 0. The summed E-state index contributed by atoms with van der Waals surface area (Å²) in [6, 6.07) is 4.11. The lowest BCUT2D eigenvalue weighted by atomic mass is 10.1. The molecule has 3 rings (SSSR count). The van der Waals surface area contributed by atoms with Gasteiger partial charge in [0.1, 0.15) is 5.82 Å². The zero-order chi connectivity index (χ0) is 16.6. The first-order valence-electron chi connectivity index (χ1n) is 6.98. The number of aromatic nitrogens is 2. The molecule has 23 heavy (non-hydrogen) atoms. The Morgan fingerprint density at radius 3 is 2.87 bits per heavy atom. The maximum Gasteiger partial charge on any atom is 0.308 e. The zero-order valence-electron chi connectivity index (χ0n) is 11.9. The van der Waals surface area contributed by atoms with Crippen molar-refractivity contribution in [2.45, 2.75) is 6.42 Å². The zero-order valence-corrected chi connectivity index (χ0v) is 12.7. The Labute approximate surface area is 135 Å². The highest BCUT2D eigenvalue weighted by Gasteiger charge is 2.32. The number of carboxylic acids is 1. The van der Waals surface area contributed by atoms with Crippen LogP contribution in [-0.4, -0.2) is 45.2 Å². The highest BCUT2D eigenvalue weighted by Crippen LogP contribution is 2.28. The van der Waals surface area contributed by atoms with Gasteiger partial charge in [0.2, 0.25) is 0 Å². The molecule has 0 unspecified atom stereocenters. The molecule has 0 aliphatic carbocycles. The van der Waals surface area contributed by atoms with Gasteiger partial charge in [-0.15, -0.1) is 0 Å². The molecule has 1 saturated heterocycles. The number of carbonyl (C=O) groups is 2. The summed E-state index contributed by atoms with van der Waals surface area (Å²) < 4.78 is 13.3. The monoisotopic (exact) mass is 337 g/mol. The first kappa shape index (κ1) is 15.5. The van der Waals surface area contributed by atoms with Crippen LogP contribution >= 0.6 is 11.6 Å². The summed E-state index contributed by atoms with van der Waals surface area (Å²) in [6.45, 7) is 0.549. The van der Waals surface area contributed by atoms with Crippen molar-refractivity contribution >= 4 is 23.5 Å². The third kappa shape index (κ3) is 2.92. The minimum atomic E-state index is -0.905. The van der Waals surface area contributed by atoms with Gasteiger partial charge in [0.05, 0.1) is 28.4 Å². The van der Waals surface area contributed by atoms with E-state index in [2.05, 4.69) is 10.2 Å². The van der Waals surface area contributed by atoms with Crippen molar-refractivity contribution in [2.75, 3.05) is 13.1 Å². The molecule has 0 radical (unpaired) electrons. The number of aromatic amines is 1. The number of rotatable bonds is 3. The Hall–Kier alpha value is -2.41. The molecule has 8 heteroatoms. The van der Waals surface area contributed by atoms with Crippen LogP contribution in [0, 0.1) is 11.7 Å². The standard InChI is InChI=1S/C15H13ClFN3O3/c16-11-5-8(1-2-12(11)17)13-10(6-18-19-13)14(21)20-4-3-9(7-20)15(22)23/h1-2,5-6,9H,3-4,7H2,(H,18,19)(H,22,23)/t9-/m0/s1. The number of aliphatic carboxylic acids is 1. The number of carbonyl (C=O) groups excluding carboxylic acids is 1. The highest BCUT2D eigenvalue weighted by molar-refractivity contribution is 6.31. The lowest BCUT2D eigenvalue weighted by molar-refractivity contribution is -0.141. The number of carboxylic acid groups (broad SMARTS) is 1. The molecule has 0 spiro atoms. The van der Waals surface area contributed by atoms with Crippen LogP contribution < -0.4 is 0 Å². The highest BCUT2D eigenvalue weighted by atomic mass is 35.5. The Morgan fingerprint density at radius 1 is 1.43 bits per heavy atom. The predicted molar refractivity (Wildman–Crippen MR) is 80.6 cm³/mol. The third-order valence-electron chi connectivity index (χ3n) is 3.90. The molecule has 2 N–H and O–H groups in total. The first-order chi connectivity index (χ1) is 11.0. The van der Waals surface area contributed by atoms with E-state index in [0.29, 0.717) is 29.8 Å². The van der Waals surface area contributed by atoms with Crippen LogP contribution in [0.15, 0.2) is 24.4 Å². The molecular weight excluding hydrogens is 325 g/mol. The van der Waals surface area contributed by atoms with Crippen LogP contribution in [-0.2, 0) is 4.79 Å². The van der Waals surface area contributed by atoms with Gasteiger partial charge in [0.25, 0.3) is 5.91 Å². The summed E-state index contributed by atoms with van der Waals surface area (Å²) in [5.74, 6) is -2.31. The quantitative estimate of drug-likeness (QED) is 0.900. The normalized spacial score (nSPS) is 17.5. The average molecular weight is 338 g/mol. The van der Waals surface area contributed by atoms with E-state index in [0.717, 1.165) is 0 Å². The fraction of sp³-hybridized carbons (Fsp3) is 0.267. The van der Waals surface area contributed by atoms with Gasteiger partial charge in [-0.25, -0.2) is 4.39 Å². The average Bonchev–Trinajstić information content (AvgIpc) is 3.18. The van der Waals surface area contributed by atoms with E-state index in [1.54, 1.807) is 0 Å². The molecule has 1 amide bonds. The molecule has 1 aromatic carbocycles. The van der Waals surface area contributed by atoms with E-state index < -0.39 is 17.7 Å². The summed E-state index contributed by atoms with van der Waals surface area (Å²) in [5, 5.41) is 15.6. The Morgan fingerprint density at radius 2 is 2.22 bits per heavy atom. The summed E-state index contributed by atoms with van der Waals surface area (Å²) in [6.07, 6.45) is 1.81. The van der Waals surface area contributed by atoms with Gasteiger partial charge in [-0.05, 0) is 24.6 Å². The van der Waals surface area contributed by atoms with Crippen LogP contribution in [0.5, 0.6) is 0 Å². The minimum Gasteiger partial charge on any atom is -0.481 e. The Balaban J connectivity index is 1.87. The second-order valence-corrected chi connectivity index (χ2v) is 5.77. The van der Waals surface area contributed by atoms with E-state index in [1.165, 1.54) is 29.3 Å². The van der Waals surface area contributed by atoms with Crippen LogP contribution in [0.3, 0.4) is 0 Å². The molecule has 1 atom stereocenters. The predicted octanol–water partition coefficient (Wildman–Crippen LogP) is 2.42. The summed E-state index contributed by atoms with van der Waals surface area (Å²) in [4.78, 5) is 25.1. The second kappa shape index (κ2) is 6.00. The van der Waals surface area contributed by atoms with Gasteiger partial charge >= 0.3 is 5.97 Å². The van der Waals surface area contributed by atoms with Crippen molar-refractivity contribution in [3.05, 3.63) is 40.8 Å². The fourth-order valence-corrected chi connectivity index (χ4v) is 2.82. The Bertz CT molecular complexity index is 777. The Kier molecular flexibility index (Phi) is 4.04. The molecule has 2 heterocycles. The minimum absolute atomic E-state index is 0.0531. The largest absolute Gasteiger partial charge is 0.481 e. The molecule has 2 aromatic rings. The lowest BCUT2D eigenvalue weighted by Gasteiger charge is -2.15. The molecule has 1 aliphatic heterocycles. The topological polar surface area (TPSA) is 86.3 Å². The van der Waals surface area contributed by atoms with Crippen molar-refractivity contribution in [1.29, 1.82) is 0 Å². The lowest BCUT2D eigenvalue weighted by Crippen LogP contribution is -2.30. The van der Waals surface area contributed by atoms with E-state index in [1.807, 2.05) is 0 Å². The molecule has 120 valence electrons. The van der Waals surface area contributed by atoms with Gasteiger partial charge in [-0.1, -0.05) is 11.6 Å². The molecule has 0 saturated carbocycles. The number of nitrogens with zero attached hydrogens (tertiary/aromatic N) is 2. The summed E-state index contributed by atoms with van der Waals surface area (Å²) in [5.41, 5.74) is 1.26. The number of hydrogen-bond donors (Lipinski definition) is 2. The van der Waals surface area contributed by atoms with Crippen LogP contribution in [0.1, 0.15) is 16.8 Å². The first-order valence-corrected chi connectivity index (χ1v) is 7.36. The summed E-state index contributed by atoms with van der Waals surface area (Å²) >= 11 is 5.77. The number of H-pyrrole nitrogens is 1. The van der Waals surface area contributed by atoms with Crippen molar-refractivity contribution in [3.8, 4) is 11.3 Å². The molecular formula is C15H13ClFN3O3. The van der Waals surface area contributed by atoms with Crippen LogP contribution in [0.25, 0.3) is 11.3 Å². The number of hydrogen-bond acceptors (Lipinski definition) is 3. The molecule has 1 aliphatic rings. The number of nitrogens with one attached hydrogen (secondary N) is 1. The van der Waals surface area contributed by atoms with Crippen molar-refractivity contribution in [3.63, 3.8) is 0 Å². The van der Waals surface area contributed by atoms with Crippen molar-refractivity contribution in [1.82, 2.24) is 15.1 Å². The van der Waals surface area contributed by atoms with E-state index in [-0.39, 0.29) is 17.5 Å². The number of likely N-dealkylation sites (tertiary alicyclic amines) is 1. The van der Waals surface area contributed by atoms with E-state index in [4.69, 9.17) is 16.7 Å². The maximum absolute atomic E-state index is 13.3. The smallest absolute Gasteiger partial charge is 0.308 e. The van der Waals surface area contributed by atoms with Crippen LogP contribution in [0.4, 0.5) is 4.39 Å². The van der Waals surface area contributed by atoms with Gasteiger partial charge in [0, 0.05) is 18.7 Å².